The molecule has 1 aromatic rings. The van der Waals surface area contributed by atoms with E-state index in [1.165, 1.54) is 23.3 Å². The van der Waals surface area contributed by atoms with Crippen LogP contribution in [0.1, 0.15) is 43.2 Å². The van der Waals surface area contributed by atoms with Crippen molar-refractivity contribution >= 4 is 11.3 Å². The van der Waals surface area contributed by atoms with Gasteiger partial charge in [0.25, 0.3) is 0 Å². The van der Waals surface area contributed by atoms with Gasteiger partial charge >= 0.3 is 0 Å². The first kappa shape index (κ1) is 13.7. The lowest BCUT2D eigenvalue weighted by Gasteiger charge is -2.22. The number of rotatable bonds is 7. The second-order valence-corrected chi connectivity index (χ2v) is 5.24. The van der Waals surface area contributed by atoms with E-state index >= 15 is 0 Å². The number of aryl methyl sites for hydroxylation is 1. The van der Waals surface area contributed by atoms with Crippen molar-refractivity contribution in [1.29, 1.82) is 0 Å². The maximum atomic E-state index is 5.25. The summed E-state index contributed by atoms with van der Waals surface area (Å²) in [6.07, 6.45) is 2.36. The molecule has 1 aromatic heterocycles. The lowest BCUT2D eigenvalue weighted by atomic mass is 10.1. The molecule has 0 fully saturated rings. The van der Waals surface area contributed by atoms with Gasteiger partial charge in [0.05, 0.1) is 6.61 Å². The molecule has 0 bridgehead atoms. The first-order chi connectivity index (χ1) is 7.69. The minimum atomic E-state index is 0.423. The van der Waals surface area contributed by atoms with E-state index in [4.69, 9.17) is 4.74 Å². The third-order valence-electron chi connectivity index (χ3n) is 2.79. The van der Waals surface area contributed by atoms with Crippen molar-refractivity contribution in [1.82, 2.24) is 5.32 Å². The quantitative estimate of drug-likeness (QED) is 0.788. The highest BCUT2D eigenvalue weighted by Gasteiger charge is 2.14. The van der Waals surface area contributed by atoms with E-state index in [0.29, 0.717) is 12.1 Å². The topological polar surface area (TPSA) is 21.3 Å². The van der Waals surface area contributed by atoms with E-state index in [-0.39, 0.29) is 0 Å². The Morgan fingerprint density at radius 1 is 1.50 bits per heavy atom. The Morgan fingerprint density at radius 3 is 2.75 bits per heavy atom. The SMILES string of the molecule is CCCC(COC)NC(C)c1sccc1C. The fourth-order valence-electron chi connectivity index (χ4n) is 2.02. The van der Waals surface area contributed by atoms with E-state index in [1.54, 1.807) is 7.11 Å². The van der Waals surface area contributed by atoms with Gasteiger partial charge in [0.1, 0.15) is 0 Å². The van der Waals surface area contributed by atoms with Gasteiger partial charge in [0.15, 0.2) is 0 Å². The minimum absolute atomic E-state index is 0.423. The highest BCUT2D eigenvalue weighted by atomic mass is 32.1. The molecule has 0 aliphatic heterocycles. The summed E-state index contributed by atoms with van der Waals surface area (Å²) in [4.78, 5) is 1.44. The molecule has 1 N–H and O–H groups in total. The van der Waals surface area contributed by atoms with Crippen molar-refractivity contribution in [3.8, 4) is 0 Å². The summed E-state index contributed by atoms with van der Waals surface area (Å²) in [5, 5.41) is 5.81. The first-order valence-corrected chi connectivity index (χ1v) is 6.86. The second kappa shape index (κ2) is 7.05. The van der Waals surface area contributed by atoms with Gasteiger partial charge in [0, 0.05) is 24.1 Å². The molecule has 3 heteroatoms. The summed E-state index contributed by atoms with van der Waals surface area (Å²) in [7, 11) is 1.77. The zero-order valence-corrected chi connectivity index (χ0v) is 11.6. The van der Waals surface area contributed by atoms with Gasteiger partial charge in [-0.2, -0.15) is 0 Å². The van der Waals surface area contributed by atoms with E-state index in [1.807, 2.05) is 11.3 Å². The van der Waals surface area contributed by atoms with Crippen molar-refractivity contribution in [2.45, 2.75) is 45.7 Å². The summed E-state index contributed by atoms with van der Waals surface area (Å²) in [6.45, 7) is 7.42. The van der Waals surface area contributed by atoms with Crippen LogP contribution in [0.2, 0.25) is 0 Å². The monoisotopic (exact) mass is 241 g/mol. The summed E-state index contributed by atoms with van der Waals surface area (Å²) < 4.78 is 5.25. The number of nitrogens with one attached hydrogen (secondary N) is 1. The first-order valence-electron chi connectivity index (χ1n) is 5.98. The van der Waals surface area contributed by atoms with Crippen molar-refractivity contribution in [2.75, 3.05) is 13.7 Å². The predicted molar refractivity (Wildman–Crippen MR) is 71.2 cm³/mol. The van der Waals surface area contributed by atoms with E-state index in [2.05, 4.69) is 37.5 Å². The molecule has 0 radical (unpaired) electrons. The van der Waals surface area contributed by atoms with Gasteiger partial charge in [-0.05, 0) is 37.3 Å². The average Bonchev–Trinajstić information content (AvgIpc) is 2.65. The molecule has 2 atom stereocenters. The Hall–Kier alpha value is -0.380. The van der Waals surface area contributed by atoms with Gasteiger partial charge in [-0.25, -0.2) is 0 Å². The zero-order valence-electron chi connectivity index (χ0n) is 10.7. The molecule has 0 spiro atoms. The highest BCUT2D eigenvalue weighted by Crippen LogP contribution is 2.24. The van der Waals surface area contributed by atoms with Crippen molar-refractivity contribution in [2.24, 2.45) is 0 Å². The smallest absolute Gasteiger partial charge is 0.0616 e. The molecular formula is C13H23NOS. The summed E-state index contributed by atoms with van der Waals surface area (Å²) >= 11 is 1.83. The molecule has 1 rings (SSSR count). The molecule has 1 heterocycles. The third kappa shape index (κ3) is 3.89. The van der Waals surface area contributed by atoms with E-state index < -0.39 is 0 Å². The molecule has 0 saturated carbocycles. The summed E-state index contributed by atoms with van der Waals surface area (Å²) in [6, 6.07) is 3.07. The normalized spacial score (nSPS) is 15.0. The molecular weight excluding hydrogens is 218 g/mol. The van der Waals surface area contributed by atoms with Crippen LogP contribution < -0.4 is 5.32 Å². The number of hydrogen-bond acceptors (Lipinski definition) is 3. The fraction of sp³-hybridized carbons (Fsp3) is 0.692. The molecule has 0 amide bonds. The van der Waals surface area contributed by atoms with Gasteiger partial charge in [-0.1, -0.05) is 13.3 Å². The van der Waals surface area contributed by atoms with Crippen LogP contribution in [-0.2, 0) is 4.74 Å². The number of methoxy groups -OCH3 is 1. The molecule has 92 valence electrons. The number of ether oxygens (including phenoxy) is 1. The Kier molecular flexibility index (Phi) is 6.03. The van der Waals surface area contributed by atoms with Crippen LogP contribution in [0.25, 0.3) is 0 Å². The average molecular weight is 241 g/mol. The van der Waals surface area contributed by atoms with Crippen LogP contribution in [0.3, 0.4) is 0 Å². The zero-order chi connectivity index (χ0) is 12.0. The standard InChI is InChI=1S/C13H23NOS/c1-5-6-12(9-15-4)14-11(3)13-10(2)7-8-16-13/h7-8,11-12,14H,5-6,9H2,1-4H3. The molecule has 2 unspecified atom stereocenters. The van der Waals surface area contributed by atoms with Gasteiger partial charge in [0.2, 0.25) is 0 Å². The Labute approximate surface area is 103 Å². The molecule has 16 heavy (non-hydrogen) atoms. The Morgan fingerprint density at radius 2 is 2.25 bits per heavy atom. The van der Waals surface area contributed by atoms with Crippen LogP contribution in [0.4, 0.5) is 0 Å². The summed E-state index contributed by atoms with van der Waals surface area (Å²) in [5.41, 5.74) is 1.39. The van der Waals surface area contributed by atoms with Crippen LogP contribution >= 0.6 is 11.3 Å². The van der Waals surface area contributed by atoms with Crippen molar-refractivity contribution in [3.05, 3.63) is 21.9 Å². The Balaban J connectivity index is 2.54. The molecule has 2 nitrogen and oxygen atoms in total. The van der Waals surface area contributed by atoms with E-state index in [0.717, 1.165) is 6.61 Å². The molecule has 0 aromatic carbocycles. The number of hydrogen-bond donors (Lipinski definition) is 1. The van der Waals surface area contributed by atoms with Gasteiger partial charge < -0.3 is 10.1 Å². The fourth-order valence-corrected chi connectivity index (χ4v) is 2.97. The van der Waals surface area contributed by atoms with E-state index in [9.17, 15) is 0 Å². The Bertz CT molecular complexity index is 292. The predicted octanol–water partition coefficient (Wildman–Crippen LogP) is 3.52. The van der Waals surface area contributed by atoms with Crippen LogP contribution in [-0.4, -0.2) is 19.8 Å². The lowest BCUT2D eigenvalue weighted by Crippen LogP contribution is -2.35. The number of thiophene rings is 1. The molecule has 0 aliphatic rings. The molecule has 0 saturated heterocycles. The largest absolute Gasteiger partial charge is 0.383 e. The van der Waals surface area contributed by atoms with Crippen molar-refractivity contribution < 1.29 is 4.74 Å². The maximum Gasteiger partial charge on any atom is 0.0616 e. The lowest BCUT2D eigenvalue weighted by molar-refractivity contribution is 0.157. The van der Waals surface area contributed by atoms with Crippen molar-refractivity contribution in [3.63, 3.8) is 0 Å². The second-order valence-electron chi connectivity index (χ2n) is 4.30. The molecule has 0 aliphatic carbocycles. The maximum absolute atomic E-state index is 5.25. The summed E-state index contributed by atoms with van der Waals surface area (Å²) in [5.74, 6) is 0. The van der Waals surface area contributed by atoms with Crippen LogP contribution in [0.5, 0.6) is 0 Å². The third-order valence-corrected chi connectivity index (χ3v) is 3.99. The van der Waals surface area contributed by atoms with Gasteiger partial charge in [-0.3, -0.25) is 0 Å². The van der Waals surface area contributed by atoms with Crippen LogP contribution in [0.15, 0.2) is 11.4 Å². The minimum Gasteiger partial charge on any atom is -0.383 e. The van der Waals surface area contributed by atoms with Gasteiger partial charge in [-0.15, -0.1) is 11.3 Å². The highest BCUT2D eigenvalue weighted by molar-refractivity contribution is 7.10. The van der Waals surface area contributed by atoms with Crippen LogP contribution in [0, 0.1) is 6.92 Å².